The number of fused-ring (bicyclic) bond motifs is 1. The minimum atomic E-state index is -0.0838. The van der Waals surface area contributed by atoms with Crippen LogP contribution in [0.1, 0.15) is 67.2 Å². The Labute approximate surface area is 219 Å². The van der Waals surface area contributed by atoms with E-state index in [0.29, 0.717) is 24.5 Å². The van der Waals surface area contributed by atoms with Crippen LogP contribution in [0, 0.1) is 0 Å². The maximum absolute atomic E-state index is 14.1. The number of rotatable bonds is 8. The molecule has 1 atom stereocenters. The number of aryl methyl sites for hydroxylation is 1. The molecule has 1 N–H and O–H groups in total. The van der Waals surface area contributed by atoms with Gasteiger partial charge in [-0.25, -0.2) is 4.98 Å². The molecular formula is C32H35N3O2. The van der Waals surface area contributed by atoms with Gasteiger partial charge in [0.1, 0.15) is 23.0 Å². The number of benzene rings is 3. The second-order valence-electron chi connectivity index (χ2n) is 9.59. The van der Waals surface area contributed by atoms with Crippen LogP contribution >= 0.6 is 0 Å². The Morgan fingerprint density at radius 3 is 2.46 bits per heavy atom. The number of hydrogen-bond acceptors (Lipinski definition) is 3. The molecule has 0 spiro atoms. The first-order valence-corrected chi connectivity index (χ1v) is 13.5. The summed E-state index contributed by atoms with van der Waals surface area (Å²) in [7, 11) is 0. The van der Waals surface area contributed by atoms with Gasteiger partial charge in [0.25, 0.3) is 5.91 Å². The lowest BCUT2D eigenvalue weighted by molar-refractivity contribution is 0.0926. The lowest BCUT2D eigenvalue weighted by Crippen LogP contribution is -2.31. The molecule has 0 saturated heterocycles. The number of imidazole rings is 1. The first-order chi connectivity index (χ1) is 18.2. The molecule has 1 heterocycles. The second-order valence-corrected chi connectivity index (χ2v) is 9.59. The summed E-state index contributed by atoms with van der Waals surface area (Å²) in [5.74, 6) is 1.54. The van der Waals surface area contributed by atoms with Crippen molar-refractivity contribution in [3.8, 4) is 28.4 Å². The highest BCUT2D eigenvalue weighted by Gasteiger charge is 2.27. The molecule has 1 aliphatic carbocycles. The average Bonchev–Trinajstić information content (AvgIpc) is 3.23. The minimum Gasteiger partial charge on any atom is -0.494 e. The van der Waals surface area contributed by atoms with Crippen molar-refractivity contribution in [3.63, 3.8) is 0 Å². The molecule has 5 rings (SSSR count). The third kappa shape index (κ3) is 5.31. The van der Waals surface area contributed by atoms with E-state index in [1.807, 2.05) is 59.2 Å². The Morgan fingerprint density at radius 1 is 0.946 bits per heavy atom. The Morgan fingerprint density at radius 2 is 1.70 bits per heavy atom. The van der Waals surface area contributed by atoms with E-state index in [1.165, 1.54) is 11.1 Å². The van der Waals surface area contributed by atoms with Crippen molar-refractivity contribution >= 4 is 5.91 Å². The van der Waals surface area contributed by atoms with Gasteiger partial charge in [0.15, 0.2) is 0 Å². The number of ether oxygens (including phenoxy) is 1. The highest BCUT2D eigenvalue weighted by molar-refractivity contribution is 6.00. The Balaban J connectivity index is 1.56. The van der Waals surface area contributed by atoms with Crippen molar-refractivity contribution in [1.29, 1.82) is 0 Å². The first kappa shape index (κ1) is 24.8. The fourth-order valence-electron chi connectivity index (χ4n) is 5.23. The van der Waals surface area contributed by atoms with Crippen LogP contribution in [0.5, 0.6) is 5.75 Å². The highest BCUT2D eigenvalue weighted by atomic mass is 16.5. The van der Waals surface area contributed by atoms with Gasteiger partial charge in [-0.05, 0) is 68.0 Å². The summed E-state index contributed by atoms with van der Waals surface area (Å²) >= 11 is 0. The zero-order chi connectivity index (χ0) is 25.6. The van der Waals surface area contributed by atoms with Gasteiger partial charge in [0, 0.05) is 17.7 Å². The van der Waals surface area contributed by atoms with Gasteiger partial charge in [0.05, 0.1) is 12.6 Å². The summed E-state index contributed by atoms with van der Waals surface area (Å²) in [5, 5.41) is 3.40. The molecule has 0 saturated carbocycles. The third-order valence-electron chi connectivity index (χ3n) is 7.06. The molecule has 3 aromatic carbocycles. The fourth-order valence-corrected chi connectivity index (χ4v) is 5.23. The standard InChI is InChI=1S/C32H35N3O2/c1-3-22-37-26-20-18-24(19-21-26)29-30(35(4-2)31(34-29)25-14-6-5-7-15-25)32(36)33-28-17-11-9-13-23-12-8-10-16-27(23)28/h5-8,10,12,14-16,18-21,28H,3-4,9,11,13,17,22H2,1-2H3,(H,33,36). The van der Waals surface area contributed by atoms with Crippen molar-refractivity contribution in [3.05, 3.63) is 95.7 Å². The molecule has 4 aromatic rings. The number of carbonyl (C=O) groups excluding carboxylic acids is 1. The number of nitrogens with zero attached hydrogens (tertiary/aromatic N) is 2. The molecule has 0 aliphatic heterocycles. The van der Waals surface area contributed by atoms with Gasteiger partial charge in [0.2, 0.25) is 0 Å². The van der Waals surface area contributed by atoms with Gasteiger partial charge in [-0.2, -0.15) is 0 Å². The predicted octanol–water partition coefficient (Wildman–Crippen LogP) is 7.22. The maximum Gasteiger partial charge on any atom is 0.270 e. The summed E-state index contributed by atoms with van der Waals surface area (Å²) in [4.78, 5) is 19.1. The zero-order valence-corrected chi connectivity index (χ0v) is 21.7. The van der Waals surface area contributed by atoms with Crippen molar-refractivity contribution < 1.29 is 9.53 Å². The molecule has 1 amide bonds. The minimum absolute atomic E-state index is 0.00995. The monoisotopic (exact) mass is 493 g/mol. The van der Waals surface area contributed by atoms with E-state index in [-0.39, 0.29) is 11.9 Å². The summed E-state index contributed by atoms with van der Waals surface area (Å²) in [5.41, 5.74) is 5.76. The predicted molar refractivity (Wildman–Crippen MR) is 149 cm³/mol. The molecule has 5 nitrogen and oxygen atoms in total. The number of carbonyl (C=O) groups is 1. The van der Waals surface area contributed by atoms with Gasteiger partial charge in [-0.3, -0.25) is 4.79 Å². The third-order valence-corrected chi connectivity index (χ3v) is 7.06. The van der Waals surface area contributed by atoms with Crippen LogP contribution in [0.3, 0.4) is 0 Å². The fraction of sp³-hybridized carbons (Fsp3) is 0.312. The van der Waals surface area contributed by atoms with E-state index in [2.05, 4.69) is 43.4 Å². The number of nitrogens with one attached hydrogen (secondary N) is 1. The molecule has 1 unspecified atom stereocenters. The smallest absolute Gasteiger partial charge is 0.270 e. The second kappa shape index (κ2) is 11.5. The van der Waals surface area contributed by atoms with Crippen molar-refractivity contribution in [2.24, 2.45) is 0 Å². The molecule has 1 aromatic heterocycles. The molecule has 0 fully saturated rings. The molecule has 0 bridgehead atoms. The molecule has 5 heteroatoms. The van der Waals surface area contributed by atoms with Gasteiger partial charge in [-0.15, -0.1) is 0 Å². The molecular weight excluding hydrogens is 458 g/mol. The Kier molecular flexibility index (Phi) is 7.69. The molecule has 37 heavy (non-hydrogen) atoms. The normalized spacial score (nSPS) is 15.0. The Hall–Kier alpha value is -3.86. The summed E-state index contributed by atoms with van der Waals surface area (Å²) in [6, 6.07) is 26.5. The largest absolute Gasteiger partial charge is 0.494 e. The average molecular weight is 494 g/mol. The lowest BCUT2D eigenvalue weighted by atomic mass is 9.99. The SMILES string of the molecule is CCCOc1ccc(-c2nc(-c3ccccc3)n(CC)c2C(=O)NC2CCCCc3ccccc32)cc1. The topological polar surface area (TPSA) is 56.2 Å². The summed E-state index contributed by atoms with van der Waals surface area (Å²) < 4.78 is 7.83. The van der Waals surface area contributed by atoms with E-state index in [9.17, 15) is 4.79 Å². The first-order valence-electron chi connectivity index (χ1n) is 13.5. The van der Waals surface area contributed by atoms with Crippen LogP contribution in [0.4, 0.5) is 0 Å². The number of aromatic nitrogens is 2. The lowest BCUT2D eigenvalue weighted by Gasteiger charge is -2.20. The van der Waals surface area contributed by atoms with Gasteiger partial charge in [-0.1, -0.05) is 67.9 Å². The van der Waals surface area contributed by atoms with Crippen LogP contribution in [-0.2, 0) is 13.0 Å². The van der Waals surface area contributed by atoms with Crippen molar-refractivity contribution in [2.45, 2.75) is 58.5 Å². The van der Waals surface area contributed by atoms with Crippen molar-refractivity contribution in [2.75, 3.05) is 6.61 Å². The number of amides is 1. The van der Waals surface area contributed by atoms with Crippen LogP contribution < -0.4 is 10.1 Å². The van der Waals surface area contributed by atoms with Gasteiger partial charge >= 0.3 is 0 Å². The van der Waals surface area contributed by atoms with Crippen molar-refractivity contribution in [1.82, 2.24) is 14.9 Å². The zero-order valence-electron chi connectivity index (χ0n) is 21.7. The maximum atomic E-state index is 14.1. The van der Waals surface area contributed by atoms with Crippen LogP contribution in [0.2, 0.25) is 0 Å². The summed E-state index contributed by atoms with van der Waals surface area (Å²) in [6.07, 6.45) is 5.19. The highest BCUT2D eigenvalue weighted by Crippen LogP contribution is 2.33. The van der Waals surface area contributed by atoms with E-state index < -0.39 is 0 Å². The van der Waals surface area contributed by atoms with Crippen LogP contribution in [-0.4, -0.2) is 22.1 Å². The van der Waals surface area contributed by atoms with E-state index in [4.69, 9.17) is 9.72 Å². The quantitative estimate of drug-likeness (QED) is 0.264. The van der Waals surface area contributed by atoms with Crippen LogP contribution in [0.25, 0.3) is 22.6 Å². The van der Waals surface area contributed by atoms with Gasteiger partial charge < -0.3 is 14.6 Å². The van der Waals surface area contributed by atoms with E-state index in [1.54, 1.807) is 0 Å². The van der Waals surface area contributed by atoms with E-state index >= 15 is 0 Å². The number of hydrogen-bond donors (Lipinski definition) is 1. The van der Waals surface area contributed by atoms with E-state index in [0.717, 1.165) is 54.8 Å². The Bertz CT molecular complexity index is 1340. The molecule has 190 valence electrons. The molecule has 0 radical (unpaired) electrons. The molecule has 1 aliphatic rings. The summed E-state index contributed by atoms with van der Waals surface area (Å²) in [6.45, 7) is 5.48. The van der Waals surface area contributed by atoms with Crippen LogP contribution in [0.15, 0.2) is 78.9 Å².